The fourth-order valence-corrected chi connectivity index (χ4v) is 5.50. The van der Waals surface area contributed by atoms with Gasteiger partial charge in [-0.05, 0) is 48.5 Å². The number of hydrogen-bond acceptors (Lipinski definition) is 5. The first-order chi connectivity index (χ1) is 15.4. The van der Waals surface area contributed by atoms with Crippen molar-refractivity contribution in [3.63, 3.8) is 0 Å². The molecule has 1 amide bonds. The average Bonchev–Trinajstić information content (AvgIpc) is 2.80. The molecule has 1 N–H and O–H groups in total. The zero-order valence-electron chi connectivity index (χ0n) is 17.2. The molecule has 0 spiro atoms. The van der Waals surface area contributed by atoms with Crippen molar-refractivity contribution < 1.29 is 22.7 Å². The molecule has 0 unspecified atom stereocenters. The number of rotatable bonds is 7. The van der Waals surface area contributed by atoms with E-state index < -0.39 is 15.9 Å². The van der Waals surface area contributed by atoms with Crippen molar-refractivity contribution in [2.45, 2.75) is 4.90 Å². The quantitative estimate of drug-likeness (QED) is 0.482. The molecule has 0 radical (unpaired) electrons. The third kappa shape index (κ3) is 4.44. The normalized spacial score (nSPS) is 13.6. The predicted octanol–water partition coefficient (Wildman–Crippen LogP) is 3.83. The summed E-state index contributed by atoms with van der Waals surface area (Å²) in [4.78, 5) is 12.8. The van der Waals surface area contributed by atoms with Gasteiger partial charge in [0.1, 0.15) is 24.7 Å². The van der Waals surface area contributed by atoms with E-state index in [4.69, 9.17) is 9.47 Å². The van der Waals surface area contributed by atoms with Crippen LogP contribution in [0, 0.1) is 0 Å². The summed E-state index contributed by atoms with van der Waals surface area (Å²) in [6.07, 6.45) is 0. The van der Waals surface area contributed by atoms with Gasteiger partial charge in [0.2, 0.25) is 5.91 Å². The first kappa shape index (κ1) is 22.2. The highest BCUT2D eigenvalue weighted by molar-refractivity contribution is 9.10. The number of anilines is 1. The summed E-state index contributed by atoms with van der Waals surface area (Å²) in [5.41, 5.74) is 1.84. The molecule has 166 valence electrons. The largest absolute Gasteiger partial charge is 0.497 e. The van der Waals surface area contributed by atoms with Gasteiger partial charge in [0.05, 0.1) is 24.2 Å². The summed E-state index contributed by atoms with van der Waals surface area (Å²) in [7, 11) is -2.28. The molecule has 0 saturated heterocycles. The van der Waals surface area contributed by atoms with Gasteiger partial charge in [-0.25, -0.2) is 8.42 Å². The van der Waals surface area contributed by atoms with Crippen molar-refractivity contribution in [1.29, 1.82) is 0 Å². The zero-order chi connectivity index (χ0) is 22.7. The molecule has 7 nitrogen and oxygen atoms in total. The number of sulfonamides is 1. The molecule has 0 aliphatic carbocycles. The average molecular weight is 517 g/mol. The summed E-state index contributed by atoms with van der Waals surface area (Å²) in [5, 5.41) is 2.72. The molecule has 3 aromatic rings. The number of nitrogens with zero attached hydrogens (tertiary/aromatic N) is 1. The third-order valence-electron chi connectivity index (χ3n) is 5.01. The van der Waals surface area contributed by atoms with E-state index in [2.05, 4.69) is 21.2 Å². The van der Waals surface area contributed by atoms with Gasteiger partial charge in [-0.15, -0.1) is 0 Å². The highest BCUT2D eigenvalue weighted by Gasteiger charge is 2.35. The molecule has 0 aromatic heterocycles. The number of carbonyl (C=O) groups excluding carboxylic acids is 1. The van der Waals surface area contributed by atoms with Crippen LogP contribution in [0.1, 0.15) is 0 Å². The highest BCUT2D eigenvalue weighted by atomic mass is 79.9. The number of amides is 1. The predicted molar refractivity (Wildman–Crippen MR) is 126 cm³/mol. The fraction of sp³-hybridized carbons (Fsp3) is 0.174. The summed E-state index contributed by atoms with van der Waals surface area (Å²) in [6, 6.07) is 19.2. The van der Waals surface area contributed by atoms with Crippen molar-refractivity contribution >= 4 is 37.5 Å². The van der Waals surface area contributed by atoms with Crippen LogP contribution in [-0.4, -0.2) is 41.1 Å². The van der Waals surface area contributed by atoms with Gasteiger partial charge in [-0.2, -0.15) is 0 Å². The van der Waals surface area contributed by atoms with Crippen molar-refractivity contribution in [1.82, 2.24) is 5.32 Å². The summed E-state index contributed by atoms with van der Waals surface area (Å²) in [6.45, 7) is 0.160. The molecule has 1 heterocycles. The van der Waals surface area contributed by atoms with E-state index >= 15 is 0 Å². The number of hydrogen-bond donors (Lipinski definition) is 1. The maximum absolute atomic E-state index is 13.3. The van der Waals surface area contributed by atoms with Crippen LogP contribution in [0.25, 0.3) is 11.1 Å². The molecule has 0 bridgehead atoms. The van der Waals surface area contributed by atoms with Crippen LogP contribution in [0.15, 0.2) is 76.1 Å². The van der Waals surface area contributed by atoms with E-state index in [-0.39, 0.29) is 24.6 Å². The second kappa shape index (κ2) is 9.22. The van der Waals surface area contributed by atoms with Crippen LogP contribution in [-0.2, 0) is 14.8 Å². The lowest BCUT2D eigenvalue weighted by Gasteiger charge is -2.31. The minimum atomic E-state index is -3.87. The molecule has 4 rings (SSSR count). The Balaban J connectivity index is 1.44. The Hall–Kier alpha value is -3.04. The number of nitrogens with one attached hydrogen (secondary N) is 1. The van der Waals surface area contributed by atoms with E-state index in [1.807, 2.05) is 6.07 Å². The lowest BCUT2D eigenvalue weighted by atomic mass is 10.0. The molecular formula is C23H21BrN2O5S. The van der Waals surface area contributed by atoms with Gasteiger partial charge in [-0.1, -0.05) is 34.1 Å². The monoisotopic (exact) mass is 516 g/mol. The maximum Gasteiger partial charge on any atom is 0.265 e. The van der Waals surface area contributed by atoms with Crippen LogP contribution >= 0.6 is 15.9 Å². The Bertz CT molecular complexity index is 1250. The van der Waals surface area contributed by atoms with Gasteiger partial charge in [0.25, 0.3) is 10.0 Å². The number of fused-ring (bicyclic) bond motifs is 3. The van der Waals surface area contributed by atoms with Crippen molar-refractivity contribution in [3.8, 4) is 22.6 Å². The number of benzene rings is 3. The maximum atomic E-state index is 13.3. The lowest BCUT2D eigenvalue weighted by Crippen LogP contribution is -2.43. The van der Waals surface area contributed by atoms with Crippen LogP contribution in [0.3, 0.4) is 0 Å². The Kier molecular flexibility index (Phi) is 6.38. The van der Waals surface area contributed by atoms with Crippen LogP contribution in [0.5, 0.6) is 11.5 Å². The second-order valence-corrected chi connectivity index (χ2v) is 9.79. The topological polar surface area (TPSA) is 84.9 Å². The van der Waals surface area contributed by atoms with Crippen LogP contribution in [0.4, 0.5) is 5.69 Å². The summed E-state index contributed by atoms with van der Waals surface area (Å²) in [5.74, 6) is 0.956. The van der Waals surface area contributed by atoms with E-state index in [9.17, 15) is 13.2 Å². The Morgan fingerprint density at radius 3 is 2.47 bits per heavy atom. The number of methoxy groups -OCH3 is 1. The van der Waals surface area contributed by atoms with Crippen molar-refractivity contribution in [3.05, 3.63) is 71.2 Å². The zero-order valence-corrected chi connectivity index (χ0v) is 19.6. The van der Waals surface area contributed by atoms with Crippen molar-refractivity contribution in [2.75, 3.05) is 31.1 Å². The Morgan fingerprint density at radius 2 is 1.72 bits per heavy atom. The number of ether oxygens (including phenoxy) is 2. The third-order valence-corrected chi connectivity index (χ3v) is 7.32. The molecule has 3 aromatic carbocycles. The molecule has 0 atom stereocenters. The van der Waals surface area contributed by atoms with Gasteiger partial charge in [0.15, 0.2) is 0 Å². The number of halogens is 1. The van der Waals surface area contributed by atoms with E-state index in [1.54, 1.807) is 67.8 Å². The summed E-state index contributed by atoms with van der Waals surface area (Å²) < 4.78 is 39.2. The van der Waals surface area contributed by atoms with Crippen LogP contribution < -0.4 is 19.1 Å². The molecule has 1 aliphatic heterocycles. The lowest BCUT2D eigenvalue weighted by molar-refractivity contribution is -0.119. The number of carbonyl (C=O) groups is 1. The fourth-order valence-electron chi connectivity index (χ4n) is 3.49. The SMILES string of the molecule is COc1ccc(OCCNC(=O)CN2c3ccc(Br)cc3-c3ccccc3S2(=O)=O)cc1. The highest BCUT2D eigenvalue weighted by Crippen LogP contribution is 2.43. The Morgan fingerprint density at radius 1 is 1.00 bits per heavy atom. The summed E-state index contributed by atoms with van der Waals surface area (Å²) >= 11 is 3.44. The van der Waals surface area contributed by atoms with Gasteiger partial charge in [0, 0.05) is 15.6 Å². The second-order valence-electron chi connectivity index (χ2n) is 7.04. The molecule has 1 aliphatic rings. The minimum Gasteiger partial charge on any atom is -0.497 e. The minimum absolute atomic E-state index is 0.182. The first-order valence-corrected chi connectivity index (χ1v) is 12.1. The van der Waals surface area contributed by atoms with Crippen molar-refractivity contribution in [2.24, 2.45) is 0 Å². The van der Waals surface area contributed by atoms with E-state index in [1.165, 1.54) is 0 Å². The smallest absolute Gasteiger partial charge is 0.265 e. The van der Waals surface area contributed by atoms with Gasteiger partial charge < -0.3 is 14.8 Å². The Labute approximate surface area is 195 Å². The van der Waals surface area contributed by atoms with Gasteiger partial charge in [-0.3, -0.25) is 9.10 Å². The van der Waals surface area contributed by atoms with E-state index in [0.717, 1.165) is 20.1 Å². The standard InChI is InChI=1S/C23H21BrN2O5S/c1-30-17-7-9-18(10-8-17)31-13-12-25-23(27)15-26-21-11-6-16(24)14-20(21)19-4-2-3-5-22(19)32(26,28)29/h2-11,14H,12-13,15H2,1H3,(H,25,27). The first-order valence-electron chi connectivity index (χ1n) is 9.85. The molecule has 9 heteroatoms. The molecule has 0 saturated carbocycles. The molecule has 0 fully saturated rings. The molecule has 32 heavy (non-hydrogen) atoms. The molecular weight excluding hydrogens is 496 g/mol. The van der Waals surface area contributed by atoms with Crippen LogP contribution in [0.2, 0.25) is 0 Å². The van der Waals surface area contributed by atoms with Gasteiger partial charge >= 0.3 is 0 Å². The van der Waals surface area contributed by atoms with E-state index in [0.29, 0.717) is 17.0 Å².